The predicted octanol–water partition coefficient (Wildman–Crippen LogP) is 4.58. The first-order valence-electron chi connectivity index (χ1n) is 12.6. The standard InChI is InChI=1S/C29H32N2O5/c1-4-12-21-26(29(34)36-6-3)24(20-15-10-11-16-30-20)25-22(31-21)17-19(18-13-8-7-9-14-18)23(27(25)32)28(33)35-5-2/h7-11,13-16,19,23-24,31H,4-6,12,17H2,1-3H3/t19-,23+,24+/m1/s1. The molecule has 0 bridgehead atoms. The molecule has 1 aromatic carbocycles. The van der Waals surface area contributed by atoms with Crippen molar-refractivity contribution in [3.8, 4) is 0 Å². The largest absolute Gasteiger partial charge is 0.465 e. The second-order valence-corrected chi connectivity index (χ2v) is 8.88. The van der Waals surface area contributed by atoms with Gasteiger partial charge in [-0.15, -0.1) is 0 Å². The third-order valence-electron chi connectivity index (χ3n) is 6.65. The average Bonchev–Trinajstić information content (AvgIpc) is 2.89. The molecule has 1 aliphatic carbocycles. The molecule has 7 nitrogen and oxygen atoms in total. The molecule has 1 N–H and O–H groups in total. The number of carbonyl (C=O) groups is 3. The highest BCUT2D eigenvalue weighted by molar-refractivity contribution is 6.13. The first-order valence-corrected chi connectivity index (χ1v) is 12.6. The summed E-state index contributed by atoms with van der Waals surface area (Å²) in [5.41, 5.74) is 3.69. The van der Waals surface area contributed by atoms with Gasteiger partial charge < -0.3 is 14.8 Å². The Hall–Kier alpha value is -3.74. The molecule has 0 unspecified atom stereocenters. The lowest BCUT2D eigenvalue weighted by Gasteiger charge is -2.39. The molecule has 2 aromatic rings. The fourth-order valence-electron chi connectivity index (χ4n) is 5.20. The lowest BCUT2D eigenvalue weighted by atomic mass is 9.67. The molecular weight excluding hydrogens is 456 g/mol. The highest BCUT2D eigenvalue weighted by Gasteiger charge is 2.49. The third kappa shape index (κ3) is 4.83. The number of ketones is 1. The summed E-state index contributed by atoms with van der Waals surface area (Å²) in [4.78, 5) is 45.2. The topological polar surface area (TPSA) is 94.6 Å². The fourth-order valence-corrected chi connectivity index (χ4v) is 5.20. The number of hydrogen-bond acceptors (Lipinski definition) is 7. The van der Waals surface area contributed by atoms with Crippen molar-refractivity contribution in [2.45, 2.75) is 51.9 Å². The van der Waals surface area contributed by atoms with Gasteiger partial charge >= 0.3 is 11.9 Å². The number of carbonyl (C=O) groups excluding carboxylic acids is 3. The van der Waals surface area contributed by atoms with Gasteiger partial charge in [-0.3, -0.25) is 14.6 Å². The maximum Gasteiger partial charge on any atom is 0.336 e. The number of nitrogens with zero attached hydrogens (tertiary/aromatic N) is 1. The summed E-state index contributed by atoms with van der Waals surface area (Å²) in [5.74, 6) is -3.52. The number of rotatable bonds is 8. The predicted molar refractivity (Wildman–Crippen MR) is 135 cm³/mol. The van der Waals surface area contributed by atoms with Crippen LogP contribution < -0.4 is 5.32 Å². The number of esters is 2. The van der Waals surface area contributed by atoms with Crippen LogP contribution in [0.4, 0.5) is 0 Å². The van der Waals surface area contributed by atoms with Gasteiger partial charge in [-0.1, -0.05) is 49.7 Å². The number of ether oxygens (including phenoxy) is 2. The van der Waals surface area contributed by atoms with Crippen molar-refractivity contribution >= 4 is 17.7 Å². The minimum absolute atomic E-state index is 0.173. The lowest BCUT2D eigenvalue weighted by molar-refractivity contribution is -0.152. The zero-order valence-electron chi connectivity index (χ0n) is 21.0. The average molecular weight is 489 g/mol. The minimum atomic E-state index is -1.02. The minimum Gasteiger partial charge on any atom is -0.465 e. The Bertz CT molecular complexity index is 1190. The molecule has 0 saturated heterocycles. The second-order valence-electron chi connectivity index (χ2n) is 8.88. The number of allylic oxidation sites excluding steroid dienone is 3. The van der Waals surface area contributed by atoms with Crippen LogP contribution in [0.5, 0.6) is 0 Å². The maximum atomic E-state index is 14.2. The Morgan fingerprint density at radius 2 is 1.72 bits per heavy atom. The number of Topliss-reactive ketones (excluding diaryl/α,β-unsaturated/α-hetero) is 1. The third-order valence-corrected chi connectivity index (χ3v) is 6.65. The monoisotopic (exact) mass is 488 g/mol. The van der Waals surface area contributed by atoms with Crippen LogP contribution in [-0.4, -0.2) is 35.9 Å². The van der Waals surface area contributed by atoms with E-state index in [1.165, 1.54) is 0 Å². The molecule has 188 valence electrons. The summed E-state index contributed by atoms with van der Waals surface area (Å²) in [6.45, 7) is 5.89. The zero-order valence-corrected chi connectivity index (χ0v) is 21.0. The van der Waals surface area contributed by atoms with Crippen molar-refractivity contribution in [1.29, 1.82) is 0 Å². The van der Waals surface area contributed by atoms with E-state index in [9.17, 15) is 14.4 Å². The van der Waals surface area contributed by atoms with E-state index < -0.39 is 23.8 Å². The Balaban J connectivity index is 1.91. The van der Waals surface area contributed by atoms with Crippen LogP contribution in [0.2, 0.25) is 0 Å². The fraction of sp³-hybridized carbons (Fsp3) is 0.379. The van der Waals surface area contributed by atoms with E-state index in [2.05, 4.69) is 10.3 Å². The van der Waals surface area contributed by atoms with E-state index in [0.717, 1.165) is 23.4 Å². The van der Waals surface area contributed by atoms with Crippen LogP contribution >= 0.6 is 0 Å². The molecule has 4 rings (SSSR count). The van der Waals surface area contributed by atoms with E-state index in [1.54, 1.807) is 32.2 Å². The van der Waals surface area contributed by atoms with Crippen LogP contribution in [-0.2, 0) is 23.9 Å². The van der Waals surface area contributed by atoms with Gasteiger partial charge in [0.05, 0.1) is 30.4 Å². The summed E-state index contributed by atoms with van der Waals surface area (Å²) in [5, 5.41) is 3.42. The molecule has 0 spiro atoms. The summed E-state index contributed by atoms with van der Waals surface area (Å²) < 4.78 is 10.8. The summed E-state index contributed by atoms with van der Waals surface area (Å²) >= 11 is 0. The number of benzene rings is 1. The molecule has 0 fully saturated rings. The number of nitrogens with one attached hydrogen (secondary N) is 1. The number of pyridine rings is 1. The van der Waals surface area contributed by atoms with Crippen molar-refractivity contribution in [1.82, 2.24) is 10.3 Å². The lowest BCUT2D eigenvalue weighted by Crippen LogP contribution is -2.44. The number of aromatic nitrogens is 1. The first-order chi connectivity index (χ1) is 17.5. The highest BCUT2D eigenvalue weighted by Crippen LogP contribution is 2.48. The Labute approximate surface area is 211 Å². The molecule has 0 amide bonds. The van der Waals surface area contributed by atoms with E-state index in [-0.39, 0.29) is 24.9 Å². The van der Waals surface area contributed by atoms with Crippen LogP contribution in [0, 0.1) is 5.92 Å². The van der Waals surface area contributed by atoms with Crippen LogP contribution in [0.1, 0.15) is 63.1 Å². The molecule has 0 radical (unpaired) electrons. The summed E-state index contributed by atoms with van der Waals surface area (Å²) in [7, 11) is 0. The Morgan fingerprint density at radius 3 is 2.36 bits per heavy atom. The van der Waals surface area contributed by atoms with Gasteiger partial charge in [-0.05, 0) is 44.4 Å². The van der Waals surface area contributed by atoms with Crippen LogP contribution in [0.3, 0.4) is 0 Å². The molecule has 7 heteroatoms. The smallest absolute Gasteiger partial charge is 0.336 e. The van der Waals surface area contributed by atoms with Crippen molar-refractivity contribution in [2.75, 3.05) is 13.2 Å². The highest BCUT2D eigenvalue weighted by atomic mass is 16.5. The zero-order chi connectivity index (χ0) is 25.7. The van der Waals surface area contributed by atoms with Gasteiger partial charge in [0.15, 0.2) is 5.78 Å². The molecule has 1 aromatic heterocycles. The van der Waals surface area contributed by atoms with Crippen molar-refractivity contribution in [2.24, 2.45) is 5.92 Å². The molecule has 2 aliphatic rings. The molecular formula is C29H32N2O5. The van der Waals surface area contributed by atoms with Gasteiger partial charge in [0.1, 0.15) is 5.92 Å². The SMILES string of the molecule is CCCC1=C(C(=O)OCC)[C@@H](c2ccccn2)C2=C(C[C@H](c3ccccc3)[C@H](C(=O)OCC)C2=O)N1. The second kappa shape index (κ2) is 11.3. The van der Waals surface area contributed by atoms with Crippen molar-refractivity contribution in [3.05, 3.63) is 88.5 Å². The van der Waals surface area contributed by atoms with E-state index in [0.29, 0.717) is 29.7 Å². The molecule has 1 aliphatic heterocycles. The van der Waals surface area contributed by atoms with Crippen molar-refractivity contribution in [3.63, 3.8) is 0 Å². The molecule has 0 saturated carbocycles. The summed E-state index contributed by atoms with van der Waals surface area (Å²) in [6.07, 6.45) is 3.48. The number of dihydropyridines is 1. The van der Waals surface area contributed by atoms with Crippen molar-refractivity contribution < 1.29 is 23.9 Å². The number of hydrogen-bond donors (Lipinski definition) is 1. The van der Waals surface area contributed by atoms with Gasteiger partial charge in [-0.2, -0.15) is 0 Å². The Kier molecular flexibility index (Phi) is 7.98. The normalized spacial score (nSPS) is 21.5. The molecule has 36 heavy (non-hydrogen) atoms. The van der Waals surface area contributed by atoms with E-state index >= 15 is 0 Å². The maximum absolute atomic E-state index is 14.2. The Morgan fingerprint density at radius 1 is 1.00 bits per heavy atom. The van der Waals surface area contributed by atoms with Gasteiger partial charge in [0, 0.05) is 29.1 Å². The van der Waals surface area contributed by atoms with E-state index in [1.807, 2.05) is 43.3 Å². The summed E-state index contributed by atoms with van der Waals surface area (Å²) in [6, 6.07) is 15.0. The van der Waals surface area contributed by atoms with Gasteiger partial charge in [-0.25, -0.2) is 4.79 Å². The van der Waals surface area contributed by atoms with Crippen LogP contribution in [0.15, 0.2) is 77.3 Å². The van der Waals surface area contributed by atoms with E-state index in [4.69, 9.17) is 9.47 Å². The first kappa shape index (κ1) is 25.4. The quantitative estimate of drug-likeness (QED) is 0.429. The molecule has 2 heterocycles. The van der Waals surface area contributed by atoms with Crippen LogP contribution in [0.25, 0.3) is 0 Å². The van der Waals surface area contributed by atoms with Gasteiger partial charge in [0.25, 0.3) is 0 Å². The van der Waals surface area contributed by atoms with Gasteiger partial charge in [0.2, 0.25) is 0 Å². The molecule has 3 atom stereocenters.